The summed E-state index contributed by atoms with van der Waals surface area (Å²) < 4.78 is 13.6. The van der Waals surface area contributed by atoms with Crippen molar-refractivity contribution in [1.29, 1.82) is 0 Å². The van der Waals surface area contributed by atoms with Gasteiger partial charge in [0.05, 0.1) is 7.11 Å². The first kappa shape index (κ1) is 21.0. The number of rotatable bonds is 5. The fraction of sp³-hybridized carbons (Fsp3) is 0.684. The first-order valence-corrected chi connectivity index (χ1v) is 11.6. The number of fused-ring (bicyclic) bond motifs is 1. The zero-order valence-electron chi connectivity index (χ0n) is 16.4. The highest BCUT2D eigenvalue weighted by molar-refractivity contribution is 14.1. The lowest BCUT2D eigenvalue weighted by molar-refractivity contribution is -0.140. The monoisotopic (exact) mass is 533 g/mol. The van der Waals surface area contributed by atoms with E-state index >= 15 is 0 Å². The van der Waals surface area contributed by atoms with Gasteiger partial charge in [-0.1, -0.05) is 11.6 Å². The SMILES string of the molecule is COC(=O)CCC1CCCN(c2nc3c(Cl)nc(I)nc3n2C2CCCCO2)C1. The van der Waals surface area contributed by atoms with E-state index in [0.29, 0.717) is 26.8 Å². The molecule has 2 fully saturated rings. The van der Waals surface area contributed by atoms with Crippen LogP contribution in [0.4, 0.5) is 5.95 Å². The van der Waals surface area contributed by atoms with Gasteiger partial charge in [0.1, 0.15) is 11.7 Å². The van der Waals surface area contributed by atoms with Crippen molar-refractivity contribution >= 4 is 57.3 Å². The van der Waals surface area contributed by atoms with E-state index in [2.05, 4.69) is 42.0 Å². The Hall–Kier alpha value is -1.20. The average molecular weight is 534 g/mol. The van der Waals surface area contributed by atoms with Gasteiger partial charge in [0.2, 0.25) is 5.95 Å². The molecule has 2 aliphatic heterocycles. The Kier molecular flexibility index (Phi) is 6.75. The van der Waals surface area contributed by atoms with Gasteiger partial charge >= 0.3 is 5.97 Å². The highest BCUT2D eigenvalue weighted by Gasteiger charge is 2.30. The van der Waals surface area contributed by atoms with Gasteiger partial charge in [-0.15, -0.1) is 0 Å². The van der Waals surface area contributed by atoms with E-state index < -0.39 is 0 Å². The summed E-state index contributed by atoms with van der Waals surface area (Å²) in [5.74, 6) is 1.11. The molecule has 2 aromatic heterocycles. The number of anilines is 1. The predicted molar refractivity (Wildman–Crippen MR) is 118 cm³/mol. The highest BCUT2D eigenvalue weighted by atomic mass is 127. The fourth-order valence-corrected chi connectivity index (χ4v) is 5.05. The molecule has 2 unspecified atom stereocenters. The number of nitrogens with zero attached hydrogens (tertiary/aromatic N) is 5. The van der Waals surface area contributed by atoms with Crippen molar-refractivity contribution in [1.82, 2.24) is 19.5 Å². The van der Waals surface area contributed by atoms with Crippen LogP contribution in [0.3, 0.4) is 0 Å². The van der Waals surface area contributed by atoms with E-state index in [1.165, 1.54) is 7.11 Å². The fourth-order valence-electron chi connectivity index (χ4n) is 4.23. The van der Waals surface area contributed by atoms with E-state index in [0.717, 1.165) is 69.8 Å². The molecule has 0 N–H and O–H groups in total. The molecule has 2 aliphatic rings. The van der Waals surface area contributed by atoms with Crippen LogP contribution in [0, 0.1) is 9.75 Å². The van der Waals surface area contributed by atoms with Crippen LogP contribution in [0.5, 0.6) is 0 Å². The minimum Gasteiger partial charge on any atom is -0.469 e. The number of methoxy groups -OCH3 is 1. The van der Waals surface area contributed by atoms with Crippen molar-refractivity contribution < 1.29 is 14.3 Å². The van der Waals surface area contributed by atoms with Crippen LogP contribution in [0.2, 0.25) is 5.15 Å². The van der Waals surface area contributed by atoms with Gasteiger partial charge in [0, 0.05) is 48.7 Å². The number of halogens is 2. The Bertz CT molecular complexity index is 886. The number of carbonyl (C=O) groups is 1. The highest BCUT2D eigenvalue weighted by Crippen LogP contribution is 2.35. The maximum absolute atomic E-state index is 11.6. The molecule has 4 heterocycles. The molecule has 0 spiro atoms. The third kappa shape index (κ3) is 4.61. The van der Waals surface area contributed by atoms with Crippen molar-refractivity contribution in [3.63, 3.8) is 0 Å². The molecule has 8 nitrogen and oxygen atoms in total. The first-order valence-electron chi connectivity index (χ1n) is 10.1. The van der Waals surface area contributed by atoms with Gasteiger partial charge in [0.25, 0.3) is 0 Å². The molecular weight excluding hydrogens is 509 g/mol. The third-order valence-corrected chi connectivity index (χ3v) is 6.43. The number of hydrogen-bond donors (Lipinski definition) is 0. The topological polar surface area (TPSA) is 82.4 Å². The summed E-state index contributed by atoms with van der Waals surface area (Å²) in [6.07, 6.45) is 6.45. The number of carbonyl (C=O) groups excluding carboxylic acids is 1. The molecule has 2 atom stereocenters. The van der Waals surface area contributed by atoms with E-state index in [-0.39, 0.29) is 12.2 Å². The molecule has 4 rings (SSSR count). The van der Waals surface area contributed by atoms with Crippen molar-refractivity contribution in [2.75, 3.05) is 31.7 Å². The molecule has 0 aromatic carbocycles. The second-order valence-electron chi connectivity index (χ2n) is 7.63. The molecule has 2 aromatic rings. The van der Waals surface area contributed by atoms with Crippen LogP contribution >= 0.6 is 34.2 Å². The summed E-state index contributed by atoms with van der Waals surface area (Å²) in [6, 6.07) is 0. The smallest absolute Gasteiger partial charge is 0.305 e. The summed E-state index contributed by atoms with van der Waals surface area (Å²) in [4.78, 5) is 27.6. The lowest BCUT2D eigenvalue weighted by Crippen LogP contribution is -2.38. The number of piperidine rings is 1. The summed E-state index contributed by atoms with van der Waals surface area (Å²) in [5.41, 5.74) is 1.35. The summed E-state index contributed by atoms with van der Waals surface area (Å²) in [5, 5.41) is 0.370. The summed E-state index contributed by atoms with van der Waals surface area (Å²) >= 11 is 8.49. The van der Waals surface area contributed by atoms with Crippen LogP contribution in [0.15, 0.2) is 0 Å². The van der Waals surface area contributed by atoms with Gasteiger partial charge in [-0.3, -0.25) is 9.36 Å². The summed E-state index contributed by atoms with van der Waals surface area (Å²) in [6.45, 7) is 2.49. The molecular formula is C19H25ClIN5O3. The number of esters is 1. The molecule has 0 bridgehead atoms. The summed E-state index contributed by atoms with van der Waals surface area (Å²) in [7, 11) is 1.44. The van der Waals surface area contributed by atoms with Crippen molar-refractivity contribution in [3.05, 3.63) is 8.98 Å². The molecule has 0 saturated carbocycles. The lowest BCUT2D eigenvalue weighted by atomic mass is 9.93. The average Bonchev–Trinajstić information content (AvgIpc) is 3.12. The zero-order chi connectivity index (χ0) is 20.4. The maximum Gasteiger partial charge on any atom is 0.305 e. The van der Waals surface area contributed by atoms with Crippen LogP contribution in [0.25, 0.3) is 11.2 Å². The van der Waals surface area contributed by atoms with E-state index in [1.807, 2.05) is 0 Å². The quantitative estimate of drug-likeness (QED) is 0.249. The minimum atomic E-state index is -0.151. The van der Waals surface area contributed by atoms with Crippen molar-refractivity contribution in [3.8, 4) is 0 Å². The number of aromatic nitrogens is 4. The minimum absolute atomic E-state index is 0.0963. The molecule has 29 heavy (non-hydrogen) atoms. The van der Waals surface area contributed by atoms with Crippen LogP contribution < -0.4 is 4.90 Å². The maximum atomic E-state index is 11.6. The van der Waals surface area contributed by atoms with Gasteiger partial charge in [-0.25, -0.2) is 15.0 Å². The van der Waals surface area contributed by atoms with Crippen LogP contribution in [-0.4, -0.2) is 52.3 Å². The third-order valence-electron chi connectivity index (χ3n) is 5.68. The van der Waals surface area contributed by atoms with Crippen molar-refractivity contribution in [2.45, 2.75) is 51.2 Å². The van der Waals surface area contributed by atoms with Crippen LogP contribution in [-0.2, 0) is 14.3 Å². The van der Waals surface area contributed by atoms with Crippen molar-refractivity contribution in [2.24, 2.45) is 5.92 Å². The number of ether oxygens (including phenoxy) is 2. The van der Waals surface area contributed by atoms with Gasteiger partial charge < -0.3 is 14.4 Å². The Balaban J connectivity index is 1.66. The number of hydrogen-bond acceptors (Lipinski definition) is 7. The zero-order valence-corrected chi connectivity index (χ0v) is 19.4. The normalized spacial score (nSPS) is 22.8. The first-order chi connectivity index (χ1) is 14.1. The Labute approximate surface area is 188 Å². The Morgan fingerprint density at radius 3 is 2.90 bits per heavy atom. The standard InChI is InChI=1S/C19H25ClIN5O3/c1-28-14(27)8-7-12-5-4-9-25(11-12)19-22-15-16(20)23-18(21)24-17(15)26(19)13-6-2-3-10-29-13/h12-13H,2-11H2,1H3. The second kappa shape index (κ2) is 9.30. The number of imidazole rings is 1. The van der Waals surface area contributed by atoms with Gasteiger partial charge in [0.15, 0.2) is 14.6 Å². The largest absolute Gasteiger partial charge is 0.469 e. The van der Waals surface area contributed by atoms with Gasteiger partial charge in [-0.05, 0) is 44.4 Å². The molecule has 0 aliphatic carbocycles. The van der Waals surface area contributed by atoms with E-state index in [4.69, 9.17) is 26.1 Å². The van der Waals surface area contributed by atoms with E-state index in [1.54, 1.807) is 0 Å². The molecule has 0 amide bonds. The molecule has 0 radical (unpaired) electrons. The predicted octanol–water partition coefficient (Wildman–Crippen LogP) is 3.95. The second-order valence-corrected chi connectivity index (χ2v) is 8.95. The molecule has 2 saturated heterocycles. The lowest BCUT2D eigenvalue weighted by Gasteiger charge is -2.35. The Morgan fingerprint density at radius 2 is 2.14 bits per heavy atom. The molecule has 158 valence electrons. The Morgan fingerprint density at radius 1 is 1.28 bits per heavy atom. The van der Waals surface area contributed by atoms with Gasteiger partial charge in [-0.2, -0.15) is 0 Å². The molecule has 10 heteroatoms. The van der Waals surface area contributed by atoms with Crippen LogP contribution in [0.1, 0.15) is 51.2 Å². The van der Waals surface area contributed by atoms with E-state index in [9.17, 15) is 4.79 Å².